The zero-order valence-electron chi connectivity index (χ0n) is 14.8. The number of aromatic nitrogens is 2. The first-order chi connectivity index (χ1) is 11.3. The molecule has 132 valence electrons. The topological polar surface area (TPSA) is 105 Å². The molecule has 24 heavy (non-hydrogen) atoms. The Kier molecular flexibility index (Phi) is 7.36. The molecule has 0 aliphatic carbocycles. The summed E-state index contributed by atoms with van der Waals surface area (Å²) < 4.78 is 1.51. The number of carbonyl (C=O) groups excluding carboxylic acids is 1. The minimum Gasteiger partial charge on any atom is -0.342 e. The number of nitro groups is 1. The highest BCUT2D eigenvalue weighted by atomic mass is 16.6. The van der Waals surface area contributed by atoms with E-state index in [1.54, 1.807) is 18.7 Å². The quantitative estimate of drug-likeness (QED) is 0.509. The minimum absolute atomic E-state index is 0.00333. The van der Waals surface area contributed by atoms with E-state index < -0.39 is 4.92 Å². The van der Waals surface area contributed by atoms with Crippen LogP contribution >= 0.6 is 0 Å². The lowest BCUT2D eigenvalue weighted by Gasteiger charge is -2.22. The van der Waals surface area contributed by atoms with Crippen LogP contribution in [0, 0.1) is 41.2 Å². The molecule has 8 heteroatoms. The number of nitrogens with zero attached hydrogens (tertiary/aromatic N) is 5. The molecule has 0 N–H and O–H groups in total. The molecule has 0 bridgehead atoms. The van der Waals surface area contributed by atoms with Gasteiger partial charge in [0.05, 0.1) is 24.0 Å². The third-order valence-electron chi connectivity index (χ3n) is 3.89. The summed E-state index contributed by atoms with van der Waals surface area (Å²) in [5, 5.41) is 23.9. The van der Waals surface area contributed by atoms with Gasteiger partial charge in [-0.1, -0.05) is 13.8 Å². The number of hydrogen-bond donors (Lipinski definition) is 0. The number of amides is 1. The van der Waals surface area contributed by atoms with Gasteiger partial charge in [-0.2, -0.15) is 10.4 Å². The van der Waals surface area contributed by atoms with Gasteiger partial charge in [0.15, 0.2) is 0 Å². The van der Waals surface area contributed by atoms with Gasteiger partial charge < -0.3 is 4.90 Å². The van der Waals surface area contributed by atoms with E-state index in [1.807, 2.05) is 0 Å². The lowest BCUT2D eigenvalue weighted by atomic mass is 10.1. The average Bonchev–Trinajstić information content (AvgIpc) is 2.78. The van der Waals surface area contributed by atoms with Crippen molar-refractivity contribution in [3.63, 3.8) is 0 Å². The van der Waals surface area contributed by atoms with E-state index in [1.165, 1.54) is 4.68 Å². The van der Waals surface area contributed by atoms with Gasteiger partial charge in [0.25, 0.3) is 0 Å². The summed E-state index contributed by atoms with van der Waals surface area (Å²) in [6, 6.07) is 2.06. The SMILES string of the molecule is Cc1nn(CCC(=O)N(CCC#N)CCC(C)C)c(C)c1[N+](=O)[O-]. The molecule has 1 rings (SSSR count). The Morgan fingerprint density at radius 3 is 2.58 bits per heavy atom. The van der Waals surface area contributed by atoms with Crippen LogP contribution in [0.1, 0.15) is 44.5 Å². The van der Waals surface area contributed by atoms with Crippen molar-refractivity contribution in [2.75, 3.05) is 13.1 Å². The Morgan fingerprint density at radius 2 is 2.08 bits per heavy atom. The number of hydrogen-bond acceptors (Lipinski definition) is 5. The molecule has 0 saturated heterocycles. The van der Waals surface area contributed by atoms with Crippen molar-refractivity contribution in [2.45, 2.75) is 53.5 Å². The fourth-order valence-corrected chi connectivity index (χ4v) is 2.49. The second-order valence-electron chi connectivity index (χ2n) is 6.22. The largest absolute Gasteiger partial charge is 0.342 e. The third-order valence-corrected chi connectivity index (χ3v) is 3.89. The average molecular weight is 335 g/mol. The van der Waals surface area contributed by atoms with Crippen LogP contribution in [0.2, 0.25) is 0 Å². The summed E-state index contributed by atoms with van der Waals surface area (Å²) in [7, 11) is 0. The van der Waals surface area contributed by atoms with Crippen LogP contribution in [0.5, 0.6) is 0 Å². The molecule has 1 amide bonds. The maximum Gasteiger partial charge on any atom is 0.312 e. The molecule has 8 nitrogen and oxygen atoms in total. The predicted octanol–water partition coefficient (Wildman–Crippen LogP) is 2.59. The Morgan fingerprint density at radius 1 is 1.42 bits per heavy atom. The Balaban J connectivity index is 2.72. The molecule has 1 heterocycles. The van der Waals surface area contributed by atoms with Gasteiger partial charge in [-0.15, -0.1) is 0 Å². The lowest BCUT2D eigenvalue weighted by molar-refractivity contribution is -0.386. The summed E-state index contributed by atoms with van der Waals surface area (Å²) >= 11 is 0. The van der Waals surface area contributed by atoms with Crippen LogP contribution in [0.3, 0.4) is 0 Å². The Hall–Kier alpha value is -2.43. The third kappa shape index (κ3) is 5.33. The van der Waals surface area contributed by atoms with E-state index in [4.69, 9.17) is 5.26 Å². The highest BCUT2D eigenvalue weighted by Gasteiger charge is 2.22. The van der Waals surface area contributed by atoms with E-state index in [2.05, 4.69) is 25.0 Å². The molecule has 0 fully saturated rings. The van der Waals surface area contributed by atoms with Crippen LogP contribution in [0.4, 0.5) is 5.69 Å². The zero-order chi connectivity index (χ0) is 18.3. The first kappa shape index (κ1) is 19.6. The molecule has 0 atom stereocenters. The van der Waals surface area contributed by atoms with Crippen LogP contribution in [0.15, 0.2) is 0 Å². The van der Waals surface area contributed by atoms with Gasteiger partial charge in [-0.3, -0.25) is 19.6 Å². The molecule has 0 aliphatic rings. The van der Waals surface area contributed by atoms with Crippen molar-refractivity contribution in [3.8, 4) is 6.07 Å². The Labute approximate surface area is 142 Å². The van der Waals surface area contributed by atoms with Crippen molar-refractivity contribution in [1.29, 1.82) is 5.26 Å². The van der Waals surface area contributed by atoms with Crippen LogP contribution < -0.4 is 0 Å². The predicted molar refractivity (Wildman–Crippen MR) is 89.2 cm³/mol. The zero-order valence-corrected chi connectivity index (χ0v) is 14.8. The highest BCUT2D eigenvalue weighted by molar-refractivity contribution is 5.76. The second kappa shape index (κ2) is 9.01. The fourth-order valence-electron chi connectivity index (χ4n) is 2.49. The summed E-state index contributed by atoms with van der Waals surface area (Å²) in [6.07, 6.45) is 1.39. The molecule has 0 saturated carbocycles. The van der Waals surface area contributed by atoms with Gasteiger partial charge >= 0.3 is 5.69 Å². The van der Waals surface area contributed by atoms with Crippen LogP contribution in [0.25, 0.3) is 0 Å². The minimum atomic E-state index is -0.447. The Bertz CT molecular complexity index is 630. The standard InChI is InChI=1S/C16H25N5O3/c1-12(2)6-10-19(9-5-8-17)15(22)7-11-20-14(4)16(21(23)24)13(3)18-20/h12H,5-7,9-11H2,1-4H3. The number of nitriles is 1. The van der Waals surface area contributed by atoms with Gasteiger partial charge in [-0.05, 0) is 26.2 Å². The fraction of sp³-hybridized carbons (Fsp3) is 0.688. The smallest absolute Gasteiger partial charge is 0.312 e. The lowest BCUT2D eigenvalue weighted by Crippen LogP contribution is -2.34. The molecule has 1 aromatic rings. The van der Waals surface area contributed by atoms with E-state index in [0.29, 0.717) is 43.4 Å². The second-order valence-corrected chi connectivity index (χ2v) is 6.22. The number of aryl methyl sites for hydroxylation is 2. The van der Waals surface area contributed by atoms with E-state index in [9.17, 15) is 14.9 Å². The van der Waals surface area contributed by atoms with Crippen molar-refractivity contribution < 1.29 is 9.72 Å². The first-order valence-electron chi connectivity index (χ1n) is 8.11. The number of rotatable bonds is 9. The number of carbonyl (C=O) groups is 1. The molecule has 0 spiro atoms. The molecule has 0 radical (unpaired) electrons. The molecule has 0 unspecified atom stereocenters. The molecule has 0 aromatic carbocycles. The summed E-state index contributed by atoms with van der Waals surface area (Å²) in [5.41, 5.74) is 0.811. The molecular formula is C16H25N5O3. The van der Waals surface area contributed by atoms with E-state index in [0.717, 1.165) is 6.42 Å². The normalized spacial score (nSPS) is 10.7. The van der Waals surface area contributed by atoms with Gasteiger partial charge in [0.2, 0.25) is 5.91 Å². The molecule has 0 aliphatic heterocycles. The van der Waals surface area contributed by atoms with Crippen molar-refractivity contribution in [3.05, 3.63) is 21.5 Å². The van der Waals surface area contributed by atoms with Crippen LogP contribution in [-0.4, -0.2) is 38.6 Å². The summed E-state index contributed by atoms with van der Waals surface area (Å²) in [5.74, 6) is 0.419. The molecule has 1 aromatic heterocycles. The first-order valence-corrected chi connectivity index (χ1v) is 8.11. The maximum atomic E-state index is 12.4. The molecular weight excluding hydrogens is 310 g/mol. The monoisotopic (exact) mass is 335 g/mol. The van der Waals surface area contributed by atoms with Crippen molar-refractivity contribution in [1.82, 2.24) is 14.7 Å². The maximum absolute atomic E-state index is 12.4. The van der Waals surface area contributed by atoms with Gasteiger partial charge in [0, 0.05) is 19.5 Å². The van der Waals surface area contributed by atoms with Crippen LogP contribution in [-0.2, 0) is 11.3 Å². The summed E-state index contributed by atoms with van der Waals surface area (Å²) in [6.45, 7) is 8.73. The highest BCUT2D eigenvalue weighted by Crippen LogP contribution is 2.22. The van der Waals surface area contributed by atoms with Gasteiger partial charge in [0.1, 0.15) is 11.4 Å². The summed E-state index contributed by atoms with van der Waals surface area (Å²) in [4.78, 5) is 24.7. The van der Waals surface area contributed by atoms with E-state index in [-0.39, 0.29) is 18.0 Å². The van der Waals surface area contributed by atoms with Gasteiger partial charge in [-0.25, -0.2) is 0 Å². The van der Waals surface area contributed by atoms with Crippen molar-refractivity contribution >= 4 is 11.6 Å². The van der Waals surface area contributed by atoms with E-state index >= 15 is 0 Å². The van der Waals surface area contributed by atoms with Crippen molar-refractivity contribution in [2.24, 2.45) is 5.92 Å².